The van der Waals surface area contributed by atoms with E-state index in [0.29, 0.717) is 48.4 Å². The fraction of sp³-hybridized carbons (Fsp3) is 0.0923. The Morgan fingerprint density at radius 2 is 0.912 bits per heavy atom. The minimum atomic E-state index is -2.95. The second-order valence-corrected chi connectivity index (χ2v) is 25.6. The number of nitro benzene ring substituents is 3. The third kappa shape index (κ3) is 33.5. The number of nitrogens with zero attached hydrogens (tertiary/aromatic N) is 8. The number of thiol groups is 1. The number of para-hydroxylation sites is 2. The Balaban J connectivity index is 0.000000597. The molecule has 0 aliphatic rings. The third-order valence-corrected chi connectivity index (χ3v) is 15.4. The molecule has 37 heteroatoms. The van der Waals surface area contributed by atoms with Crippen LogP contribution in [0.5, 0.6) is 0 Å². The van der Waals surface area contributed by atoms with Crippen LogP contribution in [0.25, 0.3) is 22.4 Å². The number of hydrogen-bond donors (Lipinski definition) is 5. The number of imidazole rings is 1. The summed E-state index contributed by atoms with van der Waals surface area (Å²) in [6.07, 6.45) is 0. The van der Waals surface area contributed by atoms with Crippen molar-refractivity contribution in [2.24, 2.45) is 11.3 Å². The number of carbonyl (C=O) groups is 4. The van der Waals surface area contributed by atoms with Gasteiger partial charge in [-0.2, -0.15) is 16.8 Å². The summed E-state index contributed by atoms with van der Waals surface area (Å²) in [6, 6.07) is 64.3. The molecule has 1 aromatic heterocycles. The first-order valence-electron chi connectivity index (χ1n) is 28.9. The summed E-state index contributed by atoms with van der Waals surface area (Å²) in [5, 5.41) is 44.4. The van der Waals surface area contributed by atoms with Gasteiger partial charge in [-0.3, -0.25) is 49.5 Å². The van der Waals surface area contributed by atoms with Crippen LogP contribution < -0.4 is 26.2 Å². The van der Waals surface area contributed by atoms with E-state index in [1.54, 1.807) is 141 Å². The van der Waals surface area contributed by atoms with Crippen molar-refractivity contribution in [2.75, 3.05) is 54.4 Å². The van der Waals surface area contributed by atoms with E-state index in [0.717, 1.165) is 38.3 Å². The number of nitrogens with one attached hydrogen (secondary N) is 2. The third-order valence-electron chi connectivity index (χ3n) is 12.3. The number of anilines is 5. The average Bonchev–Trinajstić information content (AvgIpc) is 1.63. The quantitative estimate of drug-likeness (QED) is 0.0200. The van der Waals surface area contributed by atoms with Gasteiger partial charge in [0.05, 0.1) is 37.2 Å². The number of aliphatic carboxylic acids is 1. The maximum absolute atomic E-state index is 12.3. The Kier molecular flexibility index (Phi) is 45.7. The zero-order chi connectivity index (χ0) is 77.2. The molecule has 523 valence electrons. The van der Waals surface area contributed by atoms with Gasteiger partial charge in [-0.15, -0.1) is 0 Å². The van der Waals surface area contributed by atoms with Crippen molar-refractivity contribution >= 4 is 237 Å². The fourth-order valence-corrected chi connectivity index (χ4v) is 9.38. The number of nitro groups is 3. The van der Waals surface area contributed by atoms with Crippen LogP contribution in [0.3, 0.4) is 0 Å². The predicted octanol–water partition coefficient (Wildman–Crippen LogP) is 15.2. The van der Waals surface area contributed by atoms with Crippen LogP contribution in [-0.4, -0.2) is 149 Å². The van der Waals surface area contributed by atoms with Crippen LogP contribution >= 0.6 is 88.1 Å². The van der Waals surface area contributed by atoms with Crippen LogP contribution in [0.2, 0.25) is 0 Å². The van der Waals surface area contributed by atoms with Gasteiger partial charge in [0.15, 0.2) is 0 Å². The molecular weight excluding hydrogens is 1680 g/mol. The standard InChI is InChI=1S/C14H11BrN2O3.C14H13BrN2O.C14H11BrN2.C7H7BrN2O2.C7H5ClO.C7H8N2O2.C2H4O2.BHNS.2Na.O4S2/c1-16(14(18)10-5-3-2-4-6-10)12-8-7-11(15)9-13(12)17(19)20;1-17(13-8-7-11(15)9-12(13)16)14(18)10-5-3-2-4-6-10;1-17-13-8-7-11(15)9-12(13)16-14(17)10-5-3-2-4-6-10;1-9-6-3-2-5(8)4-7(6)10(11)12;8-7(9)6-4-2-1-3-5-6;1-8-6-4-2-3-5-7(6)9(10)11;1-2(3)4;1-2-3;;;1-5(2)6(3)4/h2-9H,1H3;2-9H,16H2,1H3;2-9H,1H3;2-4,9H,1H3;1-5H;2-5,8H,1H3;1H3,(H,3,4);3H;;;. The molecule has 0 bridgehead atoms. The van der Waals surface area contributed by atoms with Gasteiger partial charge in [0, 0.05) is 101 Å². The van der Waals surface area contributed by atoms with E-state index in [9.17, 15) is 44.7 Å². The Morgan fingerprint density at radius 3 is 1.30 bits per heavy atom. The first-order valence-corrected chi connectivity index (χ1v) is 43.5. The number of nitrogen functional groups attached to an aromatic ring is 1. The molecule has 0 spiro atoms. The van der Waals surface area contributed by atoms with Gasteiger partial charge < -0.3 is 35.8 Å². The normalized spacial score (nSPS) is 9.36. The van der Waals surface area contributed by atoms with E-state index in [2.05, 4.69) is 127 Å². The number of carboxylic acids is 1. The van der Waals surface area contributed by atoms with Gasteiger partial charge in [0.2, 0.25) is 0 Å². The molecule has 0 fully saturated rings. The first-order chi connectivity index (χ1) is 48.3. The van der Waals surface area contributed by atoms with Gasteiger partial charge in [-0.25, -0.2) is 4.98 Å². The molecule has 9 aromatic carbocycles. The molecule has 0 aliphatic carbocycles. The summed E-state index contributed by atoms with van der Waals surface area (Å²) < 4.78 is 44.4. The summed E-state index contributed by atoms with van der Waals surface area (Å²) in [5.74, 6) is -0.209. The number of rotatable bonds is 11. The molecule has 5 N–H and O–H groups in total. The number of aromatic nitrogens is 2. The van der Waals surface area contributed by atoms with Gasteiger partial charge in [0.25, 0.3) is 40.1 Å². The van der Waals surface area contributed by atoms with E-state index in [1.807, 2.05) is 73.8 Å². The van der Waals surface area contributed by atoms with E-state index in [4.69, 9.17) is 44.1 Å². The van der Waals surface area contributed by atoms with Gasteiger partial charge >= 0.3 is 86.9 Å². The number of amides is 2. The zero-order valence-electron chi connectivity index (χ0n) is 55.3. The van der Waals surface area contributed by atoms with E-state index >= 15 is 0 Å². The molecule has 0 aliphatic heterocycles. The van der Waals surface area contributed by atoms with Crippen molar-refractivity contribution in [3.05, 3.63) is 283 Å². The van der Waals surface area contributed by atoms with Gasteiger partial charge in [-0.05, 0) is 103 Å². The van der Waals surface area contributed by atoms with Crippen LogP contribution in [0, 0.1) is 30.3 Å². The summed E-state index contributed by atoms with van der Waals surface area (Å²) >= 11 is 24.4. The average molecular weight is 1740 g/mol. The molecule has 10 rings (SSSR count). The van der Waals surface area contributed by atoms with Crippen molar-refractivity contribution in [2.45, 2.75) is 6.92 Å². The topological polar surface area (TPSA) is 373 Å². The Morgan fingerprint density at radius 1 is 0.569 bits per heavy atom. The molecule has 0 saturated heterocycles. The Hall–Kier alpha value is -7.81. The maximum atomic E-state index is 12.3. The van der Waals surface area contributed by atoms with Crippen molar-refractivity contribution < 1.29 is 55.9 Å². The fourth-order valence-electron chi connectivity index (χ4n) is 7.82. The molecule has 1 radical (unpaired) electrons. The summed E-state index contributed by atoms with van der Waals surface area (Å²) in [4.78, 5) is 82.0. The zero-order valence-corrected chi connectivity index (χ0v) is 69.0. The molecular formula is C65H60BBr4ClN11Na2O15S3. The van der Waals surface area contributed by atoms with E-state index < -0.39 is 44.5 Å². The Labute approximate surface area is 662 Å². The first kappa shape index (κ1) is 92.2. The monoisotopic (exact) mass is 1740 g/mol. The SMILES string of the molecule is CC(=O)O.CN(C(=O)c1ccccc1)c1ccc(Br)cc1N.CN(C(=O)c1ccccc1)c1ccc(Br)cc1[N+](=O)[O-].CNc1ccc(Br)cc1[N+](=O)[O-].CNc1ccccc1[N+](=O)[O-].Cn1c(-c2ccccc2)nc2cc(Br)ccc21.O=C(Cl)c1ccccc1.O=S(=O)=S(=O)=O.[B]=NS.[Na][Na]. The van der Waals surface area contributed by atoms with Crippen molar-refractivity contribution in [1.82, 2.24) is 9.55 Å². The second kappa shape index (κ2) is 50.5. The Bertz CT molecular complexity index is 4670. The molecule has 10 aromatic rings. The number of halogens is 5. The van der Waals surface area contributed by atoms with Gasteiger partial charge in [0.1, 0.15) is 22.9 Å². The number of nitrogens with two attached hydrogens (primary N) is 1. The van der Waals surface area contributed by atoms with Crippen LogP contribution in [0.15, 0.2) is 241 Å². The molecule has 26 nitrogen and oxygen atoms in total. The molecule has 0 unspecified atom stereocenters. The number of benzene rings is 9. The van der Waals surface area contributed by atoms with Crippen LogP contribution in [0.1, 0.15) is 38.0 Å². The summed E-state index contributed by atoms with van der Waals surface area (Å²) in [7, 11) is 7.02. The molecule has 0 saturated carbocycles. The van der Waals surface area contributed by atoms with Crippen molar-refractivity contribution in [3.63, 3.8) is 0 Å². The number of carboxylic acid groups (broad SMARTS) is 1. The van der Waals surface area contributed by atoms with Crippen molar-refractivity contribution in [3.8, 4) is 11.4 Å². The minimum absolute atomic E-state index is 0.0758. The van der Waals surface area contributed by atoms with Gasteiger partial charge in [-0.1, -0.05) is 173 Å². The van der Waals surface area contributed by atoms with E-state index in [-0.39, 0.29) is 34.6 Å². The molecule has 2 amide bonds. The summed E-state index contributed by atoms with van der Waals surface area (Å²) in [5.41, 5.74) is 13.5. The summed E-state index contributed by atoms with van der Waals surface area (Å²) in [6.45, 7) is 1.08. The van der Waals surface area contributed by atoms with Crippen molar-refractivity contribution in [1.29, 1.82) is 0 Å². The number of carbonyl (C=O) groups excluding carboxylic acids is 3. The van der Waals surface area contributed by atoms with Crippen LogP contribution in [0.4, 0.5) is 45.5 Å². The molecule has 0 atom stereocenters. The number of hydrogen-bond acceptors (Lipinski definition) is 20. The van der Waals surface area contributed by atoms with Crippen LogP contribution in [-0.2, 0) is 30.4 Å². The molecule has 102 heavy (non-hydrogen) atoms. The second-order valence-electron chi connectivity index (χ2n) is 18.9. The number of aryl methyl sites for hydroxylation is 1. The van der Waals surface area contributed by atoms with E-state index in [1.165, 1.54) is 73.8 Å². The molecule has 1 heterocycles. The predicted molar refractivity (Wildman–Crippen MR) is 421 cm³/mol. The number of fused-ring (bicyclic) bond motifs is 1.